The predicted molar refractivity (Wildman–Crippen MR) is 99.7 cm³/mol. The third kappa shape index (κ3) is 4.12. The summed E-state index contributed by atoms with van der Waals surface area (Å²) in [5.74, 6) is -0.218. The molecule has 1 N–H and O–H groups in total. The molecule has 1 aromatic rings. The molecule has 140 valence electrons. The highest BCUT2D eigenvalue weighted by atomic mass is 32.2. The van der Waals surface area contributed by atoms with E-state index in [1.165, 1.54) is 10.6 Å². The van der Waals surface area contributed by atoms with Crippen molar-refractivity contribution in [1.29, 1.82) is 0 Å². The molecular formula is C18H23N3O4S. The average molecular weight is 377 g/mol. The zero-order valence-corrected chi connectivity index (χ0v) is 15.8. The third-order valence-electron chi connectivity index (χ3n) is 4.71. The Hall–Kier alpha value is -2.22. The van der Waals surface area contributed by atoms with Gasteiger partial charge >= 0.3 is 0 Å². The molecule has 2 aliphatic rings. The normalized spacial score (nSPS) is 22.4. The lowest BCUT2D eigenvalue weighted by Gasteiger charge is -2.27. The van der Waals surface area contributed by atoms with E-state index in [4.69, 9.17) is 0 Å². The second-order valence-corrected chi connectivity index (χ2v) is 9.30. The van der Waals surface area contributed by atoms with E-state index in [0.717, 1.165) is 0 Å². The summed E-state index contributed by atoms with van der Waals surface area (Å²) in [6.07, 6.45) is 0.781. The third-order valence-corrected chi connectivity index (χ3v) is 6.46. The van der Waals surface area contributed by atoms with Crippen molar-refractivity contribution in [3.8, 4) is 0 Å². The van der Waals surface area contributed by atoms with Gasteiger partial charge in [0.05, 0.1) is 17.5 Å². The molecule has 2 heterocycles. The number of nitrogens with zero attached hydrogens (tertiary/aromatic N) is 2. The van der Waals surface area contributed by atoms with Crippen LogP contribution in [0.1, 0.15) is 44.6 Å². The van der Waals surface area contributed by atoms with Crippen LogP contribution in [0.15, 0.2) is 29.4 Å². The van der Waals surface area contributed by atoms with E-state index >= 15 is 0 Å². The molecule has 1 aromatic carbocycles. The maximum Gasteiger partial charge on any atom is 0.271 e. The van der Waals surface area contributed by atoms with Gasteiger partial charge in [-0.15, -0.1) is 0 Å². The van der Waals surface area contributed by atoms with Crippen molar-refractivity contribution in [2.45, 2.75) is 45.1 Å². The summed E-state index contributed by atoms with van der Waals surface area (Å²) in [5, 5.41) is 8.17. The van der Waals surface area contributed by atoms with E-state index in [0.29, 0.717) is 18.0 Å². The zero-order valence-electron chi connectivity index (χ0n) is 14.9. The van der Waals surface area contributed by atoms with Gasteiger partial charge < -0.3 is 5.32 Å². The number of carbonyl (C=O) groups is 2. The topological polar surface area (TPSA) is 95.9 Å². The Morgan fingerprint density at radius 2 is 1.92 bits per heavy atom. The van der Waals surface area contributed by atoms with Gasteiger partial charge in [0, 0.05) is 18.5 Å². The molecule has 0 bridgehead atoms. The molecular weight excluding hydrogens is 354 g/mol. The highest BCUT2D eigenvalue weighted by Crippen LogP contribution is 2.23. The van der Waals surface area contributed by atoms with Crippen molar-refractivity contribution in [2.75, 3.05) is 16.8 Å². The van der Waals surface area contributed by atoms with Crippen molar-refractivity contribution in [3.63, 3.8) is 0 Å². The van der Waals surface area contributed by atoms with Gasteiger partial charge in [0.15, 0.2) is 9.84 Å². The molecule has 0 aliphatic carbocycles. The quantitative estimate of drug-likeness (QED) is 0.867. The number of hydrogen-bond acceptors (Lipinski definition) is 5. The molecule has 1 atom stereocenters. The summed E-state index contributed by atoms with van der Waals surface area (Å²) in [5.41, 5.74) is 2.09. The van der Waals surface area contributed by atoms with Gasteiger partial charge in [-0.25, -0.2) is 13.4 Å². The molecule has 0 spiro atoms. The molecule has 0 unspecified atom stereocenters. The number of benzene rings is 1. The van der Waals surface area contributed by atoms with Gasteiger partial charge in [-0.1, -0.05) is 26.0 Å². The first-order valence-electron chi connectivity index (χ1n) is 8.76. The molecule has 8 heteroatoms. The highest BCUT2D eigenvalue weighted by molar-refractivity contribution is 7.91. The lowest BCUT2D eigenvalue weighted by molar-refractivity contribution is -0.133. The largest absolute Gasteiger partial charge is 0.321 e. The first-order valence-corrected chi connectivity index (χ1v) is 10.6. The van der Waals surface area contributed by atoms with Crippen LogP contribution in [-0.2, 0) is 19.4 Å². The summed E-state index contributed by atoms with van der Waals surface area (Å²) in [4.78, 5) is 24.6. The average Bonchev–Trinajstić information content (AvgIpc) is 2.95. The van der Waals surface area contributed by atoms with Gasteiger partial charge in [-0.2, -0.15) is 5.10 Å². The van der Waals surface area contributed by atoms with E-state index in [2.05, 4.69) is 24.3 Å². The second-order valence-electron chi connectivity index (χ2n) is 7.07. The lowest BCUT2D eigenvalue weighted by Crippen LogP contribution is -2.42. The Balaban J connectivity index is 1.72. The minimum Gasteiger partial charge on any atom is -0.321 e. The van der Waals surface area contributed by atoms with E-state index < -0.39 is 15.9 Å². The second kappa shape index (κ2) is 7.19. The Labute approximate surface area is 153 Å². The summed E-state index contributed by atoms with van der Waals surface area (Å²) in [6.45, 7) is 4.19. The molecule has 26 heavy (non-hydrogen) atoms. The van der Waals surface area contributed by atoms with Crippen LogP contribution < -0.4 is 5.32 Å². The fraction of sp³-hybridized carbons (Fsp3) is 0.500. The number of nitrogens with one attached hydrogen (secondary N) is 1. The van der Waals surface area contributed by atoms with Crippen molar-refractivity contribution in [1.82, 2.24) is 5.01 Å². The van der Waals surface area contributed by atoms with E-state index in [1.54, 1.807) is 0 Å². The molecule has 3 rings (SSSR count). The number of carbonyl (C=O) groups excluding carboxylic acids is 2. The maximum atomic E-state index is 12.5. The summed E-state index contributed by atoms with van der Waals surface area (Å²) in [7, 11) is -3.13. The summed E-state index contributed by atoms with van der Waals surface area (Å²) < 4.78 is 23.3. The molecule has 0 radical (unpaired) electrons. The zero-order chi connectivity index (χ0) is 18.9. The Morgan fingerprint density at radius 1 is 1.23 bits per heavy atom. The van der Waals surface area contributed by atoms with Crippen LogP contribution in [0.3, 0.4) is 0 Å². The summed E-state index contributed by atoms with van der Waals surface area (Å²) >= 11 is 0. The van der Waals surface area contributed by atoms with Gasteiger partial charge in [0.2, 0.25) is 5.91 Å². The SMILES string of the molecule is CC(C)c1ccc(NC(=O)C2=NN([C@@H]3CCS(=O)(=O)C3)C(=O)CC2)cc1. The Bertz CT molecular complexity index is 844. The van der Waals surface area contributed by atoms with Crippen LogP contribution in [-0.4, -0.2) is 48.5 Å². The van der Waals surface area contributed by atoms with Gasteiger partial charge in [0.1, 0.15) is 5.71 Å². The number of anilines is 1. The minimum absolute atomic E-state index is 0.0562. The highest BCUT2D eigenvalue weighted by Gasteiger charge is 2.37. The lowest BCUT2D eigenvalue weighted by atomic mass is 10.0. The number of hydrazone groups is 1. The predicted octanol–water partition coefficient (Wildman–Crippen LogP) is 1.91. The number of sulfone groups is 1. The van der Waals surface area contributed by atoms with E-state index in [9.17, 15) is 18.0 Å². The molecule has 2 aliphatic heterocycles. The Morgan fingerprint density at radius 3 is 2.50 bits per heavy atom. The van der Waals surface area contributed by atoms with Gasteiger partial charge in [-0.3, -0.25) is 9.59 Å². The number of rotatable bonds is 4. The molecule has 1 saturated heterocycles. The Kier molecular flexibility index (Phi) is 5.13. The van der Waals surface area contributed by atoms with Crippen molar-refractivity contribution >= 4 is 33.1 Å². The van der Waals surface area contributed by atoms with Crippen molar-refractivity contribution in [2.24, 2.45) is 5.10 Å². The molecule has 0 aromatic heterocycles. The first-order chi connectivity index (χ1) is 12.2. The van der Waals surface area contributed by atoms with Crippen molar-refractivity contribution < 1.29 is 18.0 Å². The van der Waals surface area contributed by atoms with Crippen molar-refractivity contribution in [3.05, 3.63) is 29.8 Å². The standard InChI is InChI=1S/C18H23N3O4S/c1-12(2)13-3-5-14(6-4-13)19-18(23)16-7-8-17(22)21(20-16)15-9-10-26(24,25)11-15/h3-6,12,15H,7-11H2,1-2H3,(H,19,23)/t15-/m1/s1. The van der Waals surface area contributed by atoms with Crippen LogP contribution in [0.25, 0.3) is 0 Å². The van der Waals surface area contributed by atoms with Crippen LogP contribution in [0.2, 0.25) is 0 Å². The minimum atomic E-state index is -3.13. The molecule has 2 amide bonds. The van der Waals surface area contributed by atoms with Crippen LogP contribution in [0.5, 0.6) is 0 Å². The molecule has 7 nitrogen and oxygen atoms in total. The van der Waals surface area contributed by atoms with E-state index in [1.807, 2.05) is 24.3 Å². The van der Waals surface area contributed by atoms with Gasteiger partial charge in [0.25, 0.3) is 5.91 Å². The first kappa shape index (κ1) is 18.6. The molecule has 0 saturated carbocycles. The van der Waals surface area contributed by atoms with Crippen LogP contribution in [0, 0.1) is 0 Å². The fourth-order valence-corrected chi connectivity index (χ4v) is 4.83. The van der Waals surface area contributed by atoms with Crippen LogP contribution in [0.4, 0.5) is 5.69 Å². The summed E-state index contributed by atoms with van der Waals surface area (Å²) in [6, 6.07) is 7.12. The van der Waals surface area contributed by atoms with Crippen LogP contribution >= 0.6 is 0 Å². The molecule has 1 fully saturated rings. The number of hydrogen-bond donors (Lipinski definition) is 1. The van der Waals surface area contributed by atoms with Gasteiger partial charge in [-0.05, 0) is 30.0 Å². The van der Waals surface area contributed by atoms with E-state index in [-0.39, 0.29) is 41.9 Å². The maximum absolute atomic E-state index is 12.5. The number of amides is 2. The smallest absolute Gasteiger partial charge is 0.271 e. The monoisotopic (exact) mass is 377 g/mol. The fourth-order valence-electron chi connectivity index (χ4n) is 3.14.